The van der Waals surface area contributed by atoms with Gasteiger partial charge in [-0.2, -0.15) is 0 Å². The van der Waals surface area contributed by atoms with Crippen molar-refractivity contribution in [1.29, 1.82) is 0 Å². The number of unbranched alkanes of at least 4 members (excludes halogenated alkanes) is 1. The lowest BCUT2D eigenvalue weighted by Crippen LogP contribution is -1.87. The maximum atomic E-state index is 4.52. The third kappa shape index (κ3) is 7.47. The highest BCUT2D eigenvalue weighted by molar-refractivity contribution is 5.55. The van der Waals surface area contributed by atoms with Crippen LogP contribution < -0.4 is 0 Å². The first-order valence-electron chi connectivity index (χ1n) is 3.82. The highest BCUT2D eigenvalue weighted by Crippen LogP contribution is 2.04. The zero-order valence-corrected chi connectivity index (χ0v) is 7.13. The first-order chi connectivity index (χ1) is 4.77. The van der Waals surface area contributed by atoms with Crippen molar-refractivity contribution in [2.24, 2.45) is 11.1 Å². The molecule has 0 bridgehead atoms. The predicted molar refractivity (Wildman–Crippen MR) is 44.2 cm³/mol. The Bertz CT molecular complexity index is 89.3. The molecular formula is C8H17NO. The minimum Gasteiger partial charge on any atom is -0.399 e. The molecule has 0 N–H and O–H groups in total. The number of hydrogen-bond donors (Lipinski definition) is 0. The van der Waals surface area contributed by atoms with Gasteiger partial charge in [-0.1, -0.05) is 25.4 Å². The molecular weight excluding hydrogens is 126 g/mol. The van der Waals surface area contributed by atoms with Gasteiger partial charge in [0.25, 0.3) is 0 Å². The molecule has 0 rings (SSSR count). The molecule has 0 unspecified atom stereocenters. The van der Waals surface area contributed by atoms with Crippen LogP contribution in [0.5, 0.6) is 0 Å². The summed E-state index contributed by atoms with van der Waals surface area (Å²) in [4.78, 5) is 4.52. The van der Waals surface area contributed by atoms with Crippen LogP contribution in [0.1, 0.15) is 33.1 Å². The van der Waals surface area contributed by atoms with Gasteiger partial charge in [0, 0.05) is 6.21 Å². The number of hydrogen-bond acceptors (Lipinski definition) is 2. The van der Waals surface area contributed by atoms with E-state index >= 15 is 0 Å². The maximum Gasteiger partial charge on any atom is 0.106 e. The van der Waals surface area contributed by atoms with E-state index in [1.807, 2.05) is 6.21 Å². The van der Waals surface area contributed by atoms with Crippen molar-refractivity contribution in [2.75, 3.05) is 7.11 Å². The van der Waals surface area contributed by atoms with E-state index in [0.717, 1.165) is 12.3 Å². The third-order valence-electron chi connectivity index (χ3n) is 1.29. The van der Waals surface area contributed by atoms with E-state index in [4.69, 9.17) is 0 Å². The summed E-state index contributed by atoms with van der Waals surface area (Å²) in [5.41, 5.74) is 0. The molecule has 0 aromatic carbocycles. The molecule has 2 heteroatoms. The summed E-state index contributed by atoms with van der Waals surface area (Å²) < 4.78 is 0. The van der Waals surface area contributed by atoms with Gasteiger partial charge in [0.2, 0.25) is 0 Å². The topological polar surface area (TPSA) is 21.6 Å². The first kappa shape index (κ1) is 9.47. The van der Waals surface area contributed by atoms with Gasteiger partial charge in [-0.05, 0) is 18.8 Å². The van der Waals surface area contributed by atoms with Gasteiger partial charge in [-0.25, -0.2) is 0 Å². The normalized spacial score (nSPS) is 11.2. The van der Waals surface area contributed by atoms with Crippen molar-refractivity contribution in [1.82, 2.24) is 0 Å². The van der Waals surface area contributed by atoms with Crippen LogP contribution in [0.25, 0.3) is 0 Å². The van der Waals surface area contributed by atoms with Gasteiger partial charge >= 0.3 is 0 Å². The van der Waals surface area contributed by atoms with Crippen molar-refractivity contribution in [2.45, 2.75) is 33.1 Å². The van der Waals surface area contributed by atoms with Crippen molar-refractivity contribution in [3.05, 3.63) is 0 Å². The number of rotatable bonds is 5. The van der Waals surface area contributed by atoms with Crippen LogP contribution in [0, 0.1) is 5.92 Å². The molecule has 0 saturated heterocycles. The van der Waals surface area contributed by atoms with Crippen LogP contribution >= 0.6 is 0 Å². The van der Waals surface area contributed by atoms with Crippen LogP contribution in [0.2, 0.25) is 0 Å². The molecule has 0 fully saturated rings. The summed E-state index contributed by atoms with van der Waals surface area (Å²) >= 11 is 0. The van der Waals surface area contributed by atoms with Crippen molar-refractivity contribution in [3.63, 3.8) is 0 Å². The van der Waals surface area contributed by atoms with Crippen LogP contribution in [-0.4, -0.2) is 13.3 Å². The van der Waals surface area contributed by atoms with Gasteiger partial charge in [0.15, 0.2) is 0 Å². The quantitative estimate of drug-likeness (QED) is 0.329. The zero-order valence-electron chi connectivity index (χ0n) is 7.13. The second-order valence-corrected chi connectivity index (χ2v) is 2.80. The van der Waals surface area contributed by atoms with Crippen molar-refractivity contribution in [3.8, 4) is 0 Å². The van der Waals surface area contributed by atoms with E-state index in [-0.39, 0.29) is 0 Å². The van der Waals surface area contributed by atoms with Gasteiger partial charge in [-0.3, -0.25) is 0 Å². The SMILES string of the molecule is CO/N=C\CCCC(C)C. The summed E-state index contributed by atoms with van der Waals surface area (Å²) in [6.45, 7) is 4.46. The Morgan fingerprint density at radius 1 is 1.50 bits per heavy atom. The largest absolute Gasteiger partial charge is 0.399 e. The fraction of sp³-hybridized carbons (Fsp3) is 0.875. The Morgan fingerprint density at radius 2 is 2.20 bits per heavy atom. The summed E-state index contributed by atoms with van der Waals surface area (Å²) in [5.74, 6) is 0.802. The lowest BCUT2D eigenvalue weighted by Gasteiger charge is -1.99. The number of oxime groups is 1. The van der Waals surface area contributed by atoms with E-state index in [2.05, 4.69) is 23.8 Å². The standard InChI is InChI=1S/C8H17NO/c1-8(2)6-4-5-7-9-10-3/h7-8H,4-6H2,1-3H3/b9-7-. The Kier molecular flexibility index (Phi) is 6.24. The second-order valence-electron chi connectivity index (χ2n) is 2.80. The molecule has 0 heterocycles. The molecule has 2 nitrogen and oxygen atoms in total. The molecule has 0 aliphatic carbocycles. The van der Waals surface area contributed by atoms with Gasteiger partial charge in [0.1, 0.15) is 7.11 Å². The van der Waals surface area contributed by atoms with Crippen LogP contribution in [0.15, 0.2) is 5.16 Å². The average molecular weight is 143 g/mol. The van der Waals surface area contributed by atoms with E-state index in [0.29, 0.717) is 0 Å². The van der Waals surface area contributed by atoms with E-state index in [1.165, 1.54) is 12.8 Å². The molecule has 10 heavy (non-hydrogen) atoms. The lowest BCUT2D eigenvalue weighted by atomic mass is 10.1. The monoisotopic (exact) mass is 143 g/mol. The summed E-state index contributed by atoms with van der Waals surface area (Å²) in [6.07, 6.45) is 5.34. The molecule has 0 radical (unpaired) electrons. The fourth-order valence-corrected chi connectivity index (χ4v) is 0.745. The van der Waals surface area contributed by atoms with E-state index in [9.17, 15) is 0 Å². The molecule has 0 atom stereocenters. The second kappa shape index (κ2) is 6.59. The minimum absolute atomic E-state index is 0.802. The molecule has 0 aliphatic heterocycles. The molecule has 0 amide bonds. The molecule has 60 valence electrons. The smallest absolute Gasteiger partial charge is 0.106 e. The van der Waals surface area contributed by atoms with Crippen LogP contribution in [-0.2, 0) is 4.84 Å². The number of nitrogens with zero attached hydrogens (tertiary/aromatic N) is 1. The minimum atomic E-state index is 0.802. The lowest BCUT2D eigenvalue weighted by molar-refractivity contribution is 0.214. The van der Waals surface area contributed by atoms with E-state index < -0.39 is 0 Å². The van der Waals surface area contributed by atoms with Gasteiger partial charge in [-0.15, -0.1) is 0 Å². The highest BCUT2D eigenvalue weighted by Gasteiger charge is 1.90. The van der Waals surface area contributed by atoms with Crippen molar-refractivity contribution >= 4 is 6.21 Å². The van der Waals surface area contributed by atoms with Gasteiger partial charge < -0.3 is 4.84 Å². The van der Waals surface area contributed by atoms with Crippen LogP contribution in [0.4, 0.5) is 0 Å². The molecule has 0 spiro atoms. The molecule has 0 aliphatic rings. The first-order valence-corrected chi connectivity index (χ1v) is 3.82. The Hall–Kier alpha value is -0.530. The average Bonchev–Trinajstić information content (AvgIpc) is 1.87. The highest BCUT2D eigenvalue weighted by atomic mass is 16.6. The summed E-state index contributed by atoms with van der Waals surface area (Å²) in [6, 6.07) is 0. The summed E-state index contributed by atoms with van der Waals surface area (Å²) in [5, 5.41) is 3.64. The third-order valence-corrected chi connectivity index (χ3v) is 1.29. The molecule has 0 saturated carbocycles. The fourth-order valence-electron chi connectivity index (χ4n) is 0.745. The predicted octanol–water partition coefficient (Wildman–Crippen LogP) is 2.44. The molecule has 0 aromatic heterocycles. The Balaban J connectivity index is 2.97. The zero-order chi connectivity index (χ0) is 7.82. The molecule has 0 aromatic rings. The Morgan fingerprint density at radius 3 is 2.70 bits per heavy atom. The maximum absolute atomic E-state index is 4.52. The van der Waals surface area contributed by atoms with Gasteiger partial charge in [0.05, 0.1) is 0 Å². The van der Waals surface area contributed by atoms with Crippen LogP contribution in [0.3, 0.4) is 0 Å². The van der Waals surface area contributed by atoms with E-state index in [1.54, 1.807) is 7.11 Å². The Labute approximate surface area is 63.3 Å². The van der Waals surface area contributed by atoms with Crippen molar-refractivity contribution < 1.29 is 4.84 Å². The summed E-state index contributed by atoms with van der Waals surface area (Å²) in [7, 11) is 1.57.